The molecular formula is C16H16N4O. The van der Waals surface area contributed by atoms with Gasteiger partial charge in [-0.25, -0.2) is 0 Å². The number of fused-ring (bicyclic) bond motifs is 1. The molecule has 0 aliphatic carbocycles. The van der Waals surface area contributed by atoms with Crippen LogP contribution in [0.2, 0.25) is 0 Å². The van der Waals surface area contributed by atoms with Crippen molar-refractivity contribution in [1.29, 1.82) is 0 Å². The molecule has 5 nitrogen and oxygen atoms in total. The number of aromatic amines is 1. The van der Waals surface area contributed by atoms with Crippen LogP contribution in [0.25, 0.3) is 10.9 Å². The van der Waals surface area contributed by atoms with Gasteiger partial charge in [0.05, 0.1) is 11.7 Å². The molecule has 1 heterocycles. The summed E-state index contributed by atoms with van der Waals surface area (Å²) < 4.78 is 0. The fourth-order valence-corrected chi connectivity index (χ4v) is 2.24. The molecule has 0 spiro atoms. The molecule has 106 valence electrons. The Hall–Kier alpha value is -2.82. The topological polar surface area (TPSA) is 69.8 Å². The normalized spacial score (nSPS) is 10.5. The van der Waals surface area contributed by atoms with Crippen molar-refractivity contribution in [2.45, 2.75) is 6.54 Å². The average Bonchev–Trinajstić information content (AvgIpc) is 3.02. The third-order valence-electron chi connectivity index (χ3n) is 3.41. The van der Waals surface area contributed by atoms with Crippen LogP contribution in [0.3, 0.4) is 0 Å². The maximum Gasteiger partial charge on any atom is 0.251 e. The first-order valence-electron chi connectivity index (χ1n) is 6.75. The second-order valence-electron chi connectivity index (χ2n) is 4.77. The van der Waals surface area contributed by atoms with Gasteiger partial charge in [0.15, 0.2) is 0 Å². The number of carbonyl (C=O) groups excluding carboxylic acids is 1. The molecule has 21 heavy (non-hydrogen) atoms. The lowest BCUT2D eigenvalue weighted by atomic mass is 10.1. The first-order chi connectivity index (χ1) is 10.3. The highest BCUT2D eigenvalue weighted by atomic mass is 16.1. The Labute approximate surface area is 122 Å². The quantitative estimate of drug-likeness (QED) is 0.688. The van der Waals surface area contributed by atoms with Crippen molar-refractivity contribution in [3.05, 3.63) is 59.8 Å². The van der Waals surface area contributed by atoms with Crippen LogP contribution in [0.4, 0.5) is 5.69 Å². The van der Waals surface area contributed by atoms with Gasteiger partial charge in [-0.1, -0.05) is 18.2 Å². The van der Waals surface area contributed by atoms with E-state index in [-0.39, 0.29) is 5.91 Å². The van der Waals surface area contributed by atoms with Gasteiger partial charge in [-0.05, 0) is 29.8 Å². The minimum atomic E-state index is -0.0716. The molecule has 0 aliphatic rings. The second-order valence-corrected chi connectivity index (χ2v) is 4.77. The highest BCUT2D eigenvalue weighted by molar-refractivity contribution is 5.94. The van der Waals surface area contributed by atoms with E-state index in [0.29, 0.717) is 12.1 Å². The van der Waals surface area contributed by atoms with Crippen molar-refractivity contribution in [3.63, 3.8) is 0 Å². The van der Waals surface area contributed by atoms with Gasteiger partial charge in [0.1, 0.15) is 0 Å². The van der Waals surface area contributed by atoms with Gasteiger partial charge in [0.2, 0.25) is 0 Å². The van der Waals surface area contributed by atoms with Crippen molar-refractivity contribution in [3.8, 4) is 0 Å². The standard InChI is InChI=1S/C16H16N4O/c1-17-16(21)12-7-5-11(6-8-12)9-18-14-3-2-4-15-13(14)10-19-20-15/h2-8,10,18H,9H2,1H3,(H,17,21)(H,19,20). The summed E-state index contributed by atoms with van der Waals surface area (Å²) in [7, 11) is 1.63. The number of H-pyrrole nitrogens is 1. The zero-order chi connectivity index (χ0) is 14.7. The van der Waals surface area contributed by atoms with Gasteiger partial charge in [0, 0.05) is 30.2 Å². The lowest BCUT2D eigenvalue weighted by Crippen LogP contribution is -2.17. The summed E-state index contributed by atoms with van der Waals surface area (Å²) in [5.74, 6) is -0.0716. The number of hydrogen-bond acceptors (Lipinski definition) is 3. The SMILES string of the molecule is CNC(=O)c1ccc(CNc2cccc3[nH]ncc23)cc1. The second kappa shape index (κ2) is 5.66. The average molecular weight is 280 g/mol. The number of rotatable bonds is 4. The minimum Gasteiger partial charge on any atom is -0.380 e. The summed E-state index contributed by atoms with van der Waals surface area (Å²) >= 11 is 0. The van der Waals surface area contributed by atoms with E-state index in [9.17, 15) is 4.79 Å². The predicted molar refractivity (Wildman–Crippen MR) is 83.3 cm³/mol. The van der Waals surface area contributed by atoms with Crippen LogP contribution in [0.1, 0.15) is 15.9 Å². The highest BCUT2D eigenvalue weighted by Gasteiger charge is 2.04. The maximum absolute atomic E-state index is 11.5. The molecule has 3 aromatic rings. The third kappa shape index (κ3) is 2.72. The van der Waals surface area contributed by atoms with E-state index in [1.54, 1.807) is 7.05 Å². The van der Waals surface area contributed by atoms with E-state index in [4.69, 9.17) is 0 Å². The van der Waals surface area contributed by atoms with E-state index in [0.717, 1.165) is 22.2 Å². The van der Waals surface area contributed by atoms with Gasteiger partial charge >= 0.3 is 0 Å². The number of aromatic nitrogens is 2. The first-order valence-corrected chi connectivity index (χ1v) is 6.75. The molecule has 0 unspecified atom stereocenters. The Balaban J connectivity index is 1.73. The number of benzene rings is 2. The molecule has 0 atom stereocenters. The zero-order valence-corrected chi connectivity index (χ0v) is 11.7. The molecule has 1 amide bonds. The number of hydrogen-bond donors (Lipinski definition) is 3. The maximum atomic E-state index is 11.5. The Morgan fingerprint density at radius 1 is 1.19 bits per heavy atom. The zero-order valence-electron chi connectivity index (χ0n) is 11.7. The van der Waals surface area contributed by atoms with Crippen molar-refractivity contribution in [1.82, 2.24) is 15.5 Å². The Morgan fingerprint density at radius 3 is 2.76 bits per heavy atom. The fraction of sp³-hybridized carbons (Fsp3) is 0.125. The summed E-state index contributed by atoms with van der Waals surface area (Å²) in [6, 6.07) is 13.6. The van der Waals surface area contributed by atoms with Gasteiger partial charge in [0.25, 0.3) is 5.91 Å². The van der Waals surface area contributed by atoms with E-state index in [1.165, 1.54) is 0 Å². The van der Waals surface area contributed by atoms with Crippen LogP contribution in [0, 0.1) is 0 Å². The smallest absolute Gasteiger partial charge is 0.251 e. The van der Waals surface area contributed by atoms with Crippen LogP contribution in [-0.2, 0) is 6.54 Å². The molecule has 0 aliphatic heterocycles. The summed E-state index contributed by atoms with van der Waals surface area (Å²) in [6.45, 7) is 0.693. The summed E-state index contributed by atoms with van der Waals surface area (Å²) in [4.78, 5) is 11.5. The lowest BCUT2D eigenvalue weighted by Gasteiger charge is -2.08. The molecule has 1 aromatic heterocycles. The van der Waals surface area contributed by atoms with Crippen LogP contribution in [0.5, 0.6) is 0 Å². The van der Waals surface area contributed by atoms with E-state index in [2.05, 4.69) is 20.8 Å². The van der Waals surface area contributed by atoms with Gasteiger partial charge < -0.3 is 10.6 Å². The molecule has 0 fully saturated rings. The third-order valence-corrected chi connectivity index (χ3v) is 3.41. The first kappa shape index (κ1) is 13.2. The number of nitrogens with one attached hydrogen (secondary N) is 3. The largest absolute Gasteiger partial charge is 0.380 e. The van der Waals surface area contributed by atoms with Crippen LogP contribution in [-0.4, -0.2) is 23.2 Å². The van der Waals surface area contributed by atoms with Crippen molar-refractivity contribution >= 4 is 22.5 Å². The highest BCUT2D eigenvalue weighted by Crippen LogP contribution is 2.21. The van der Waals surface area contributed by atoms with Crippen LogP contribution in [0.15, 0.2) is 48.7 Å². The van der Waals surface area contributed by atoms with Crippen molar-refractivity contribution in [2.75, 3.05) is 12.4 Å². The lowest BCUT2D eigenvalue weighted by molar-refractivity contribution is 0.0963. The number of amides is 1. The van der Waals surface area contributed by atoms with Crippen molar-refractivity contribution in [2.24, 2.45) is 0 Å². The fourth-order valence-electron chi connectivity index (χ4n) is 2.24. The number of anilines is 1. The molecule has 3 N–H and O–H groups in total. The predicted octanol–water partition coefficient (Wildman–Crippen LogP) is 2.53. The van der Waals surface area contributed by atoms with Crippen LogP contribution < -0.4 is 10.6 Å². The van der Waals surface area contributed by atoms with Gasteiger partial charge in [-0.2, -0.15) is 5.10 Å². The molecule has 0 radical (unpaired) electrons. The van der Waals surface area contributed by atoms with Gasteiger partial charge in [-0.3, -0.25) is 9.89 Å². The Kier molecular flexibility index (Phi) is 3.55. The molecule has 5 heteroatoms. The van der Waals surface area contributed by atoms with E-state index < -0.39 is 0 Å². The summed E-state index contributed by atoms with van der Waals surface area (Å²) in [5.41, 5.74) is 3.83. The molecule has 3 rings (SSSR count). The molecular weight excluding hydrogens is 264 g/mol. The molecule has 0 saturated carbocycles. The number of carbonyl (C=O) groups is 1. The Bertz CT molecular complexity index is 761. The molecule has 2 aromatic carbocycles. The Morgan fingerprint density at radius 2 is 2.00 bits per heavy atom. The van der Waals surface area contributed by atoms with Crippen LogP contribution >= 0.6 is 0 Å². The van der Waals surface area contributed by atoms with Crippen molar-refractivity contribution < 1.29 is 4.79 Å². The van der Waals surface area contributed by atoms with E-state index in [1.807, 2.05) is 48.7 Å². The monoisotopic (exact) mass is 280 g/mol. The molecule has 0 bridgehead atoms. The summed E-state index contributed by atoms with van der Waals surface area (Å²) in [5, 5.41) is 14.1. The molecule has 0 saturated heterocycles. The minimum absolute atomic E-state index is 0.0716. The van der Waals surface area contributed by atoms with E-state index >= 15 is 0 Å². The number of nitrogens with zero attached hydrogens (tertiary/aromatic N) is 1. The summed E-state index contributed by atoms with van der Waals surface area (Å²) in [6.07, 6.45) is 1.81. The van der Waals surface area contributed by atoms with Gasteiger partial charge in [-0.15, -0.1) is 0 Å².